The predicted molar refractivity (Wildman–Crippen MR) is 68.7 cm³/mol. The number of alkyl halides is 1. The third kappa shape index (κ3) is 5.22. The van der Waals surface area contributed by atoms with Gasteiger partial charge in [0, 0.05) is 5.33 Å². The number of unbranched alkanes of at least 4 members (excludes halogenated alkanes) is 3. The molecular formula is C13H19BrO. The summed E-state index contributed by atoms with van der Waals surface area (Å²) in [5.41, 5.74) is 1.26. The summed E-state index contributed by atoms with van der Waals surface area (Å²) < 4.78 is 5.67. The van der Waals surface area contributed by atoms with Crippen LogP contribution in [0.3, 0.4) is 0 Å². The molecule has 0 saturated heterocycles. The Balaban J connectivity index is 2.24. The van der Waals surface area contributed by atoms with E-state index in [1.165, 1.54) is 24.8 Å². The van der Waals surface area contributed by atoms with Crippen molar-refractivity contribution in [3.63, 3.8) is 0 Å². The van der Waals surface area contributed by atoms with E-state index in [0.717, 1.165) is 24.1 Å². The lowest BCUT2D eigenvalue weighted by Crippen LogP contribution is -1.97. The van der Waals surface area contributed by atoms with Crippen molar-refractivity contribution in [2.24, 2.45) is 0 Å². The smallest absolute Gasteiger partial charge is 0.119 e. The van der Waals surface area contributed by atoms with Crippen LogP contribution >= 0.6 is 15.9 Å². The van der Waals surface area contributed by atoms with Gasteiger partial charge in [-0.2, -0.15) is 0 Å². The van der Waals surface area contributed by atoms with Crippen molar-refractivity contribution in [1.82, 2.24) is 0 Å². The standard InChI is InChI=1S/C13H19BrO/c1-2-3-4-5-9-15-13-8-6-7-12(10-13)11-14/h6-8,10H,2-5,9,11H2,1H3. The zero-order valence-corrected chi connectivity index (χ0v) is 10.9. The van der Waals surface area contributed by atoms with Crippen LogP contribution in [-0.2, 0) is 5.33 Å². The van der Waals surface area contributed by atoms with Gasteiger partial charge >= 0.3 is 0 Å². The molecule has 0 fully saturated rings. The highest BCUT2D eigenvalue weighted by Gasteiger charge is 1.95. The van der Waals surface area contributed by atoms with Gasteiger partial charge in [0.05, 0.1) is 6.61 Å². The third-order valence-corrected chi connectivity index (χ3v) is 2.97. The summed E-state index contributed by atoms with van der Waals surface area (Å²) in [5, 5.41) is 0.889. The molecule has 0 unspecified atom stereocenters. The van der Waals surface area contributed by atoms with E-state index < -0.39 is 0 Å². The highest BCUT2D eigenvalue weighted by Crippen LogP contribution is 2.15. The van der Waals surface area contributed by atoms with Crippen LogP contribution in [-0.4, -0.2) is 6.61 Å². The Kier molecular flexibility index (Phi) is 6.49. The van der Waals surface area contributed by atoms with Crippen LogP contribution in [0.1, 0.15) is 38.2 Å². The van der Waals surface area contributed by atoms with Crippen molar-refractivity contribution in [3.05, 3.63) is 29.8 Å². The van der Waals surface area contributed by atoms with Crippen molar-refractivity contribution < 1.29 is 4.74 Å². The van der Waals surface area contributed by atoms with Gasteiger partial charge in [-0.3, -0.25) is 0 Å². The Labute approximate surface area is 101 Å². The molecule has 0 spiro atoms. The van der Waals surface area contributed by atoms with Crippen molar-refractivity contribution in [3.8, 4) is 5.75 Å². The molecule has 0 heterocycles. The molecule has 0 atom stereocenters. The van der Waals surface area contributed by atoms with Crippen LogP contribution in [0.25, 0.3) is 0 Å². The minimum atomic E-state index is 0.839. The van der Waals surface area contributed by atoms with Gasteiger partial charge in [0.15, 0.2) is 0 Å². The molecule has 0 bridgehead atoms. The molecule has 0 aliphatic rings. The number of ether oxygens (including phenoxy) is 1. The molecule has 1 nitrogen and oxygen atoms in total. The normalized spacial score (nSPS) is 10.3. The minimum Gasteiger partial charge on any atom is -0.494 e. The lowest BCUT2D eigenvalue weighted by Gasteiger charge is -2.06. The average Bonchev–Trinajstić information content (AvgIpc) is 2.29. The molecule has 15 heavy (non-hydrogen) atoms. The number of benzene rings is 1. The number of hydrogen-bond acceptors (Lipinski definition) is 1. The summed E-state index contributed by atoms with van der Waals surface area (Å²) >= 11 is 3.44. The first-order valence-corrected chi connectivity index (χ1v) is 6.76. The van der Waals surface area contributed by atoms with Crippen LogP contribution in [0.4, 0.5) is 0 Å². The molecular weight excluding hydrogens is 252 g/mol. The second kappa shape index (κ2) is 7.75. The van der Waals surface area contributed by atoms with Gasteiger partial charge in [-0.1, -0.05) is 54.2 Å². The molecule has 0 N–H and O–H groups in total. The molecule has 0 radical (unpaired) electrons. The van der Waals surface area contributed by atoms with E-state index in [2.05, 4.69) is 35.0 Å². The summed E-state index contributed by atoms with van der Waals surface area (Å²) in [6.45, 7) is 3.06. The highest BCUT2D eigenvalue weighted by molar-refractivity contribution is 9.08. The molecule has 0 aromatic heterocycles. The minimum absolute atomic E-state index is 0.839. The van der Waals surface area contributed by atoms with Gasteiger partial charge in [0.25, 0.3) is 0 Å². The first-order valence-electron chi connectivity index (χ1n) is 5.64. The maximum atomic E-state index is 5.67. The summed E-state index contributed by atoms with van der Waals surface area (Å²) in [7, 11) is 0. The number of halogens is 1. The van der Waals surface area contributed by atoms with Crippen molar-refractivity contribution in [2.45, 2.75) is 37.9 Å². The van der Waals surface area contributed by atoms with Crippen LogP contribution in [0, 0.1) is 0 Å². The fraction of sp³-hybridized carbons (Fsp3) is 0.538. The summed E-state index contributed by atoms with van der Waals surface area (Å²) in [6.07, 6.45) is 5.02. The first kappa shape index (κ1) is 12.6. The fourth-order valence-corrected chi connectivity index (χ4v) is 1.79. The van der Waals surface area contributed by atoms with Gasteiger partial charge in [0.1, 0.15) is 5.75 Å². The second-order valence-corrected chi connectivity index (χ2v) is 4.25. The van der Waals surface area contributed by atoms with Crippen LogP contribution < -0.4 is 4.74 Å². The predicted octanol–water partition coefficient (Wildman–Crippen LogP) is 4.54. The molecule has 1 rings (SSSR count). The van der Waals surface area contributed by atoms with E-state index in [-0.39, 0.29) is 0 Å². The molecule has 1 aromatic rings. The fourth-order valence-electron chi connectivity index (χ4n) is 1.44. The van der Waals surface area contributed by atoms with Gasteiger partial charge < -0.3 is 4.74 Å². The van der Waals surface area contributed by atoms with E-state index in [0.29, 0.717) is 0 Å². The van der Waals surface area contributed by atoms with Crippen molar-refractivity contribution >= 4 is 15.9 Å². The van der Waals surface area contributed by atoms with Gasteiger partial charge in [-0.05, 0) is 24.1 Å². The van der Waals surface area contributed by atoms with E-state index in [1.807, 2.05) is 12.1 Å². The monoisotopic (exact) mass is 270 g/mol. The molecule has 0 aliphatic heterocycles. The zero-order valence-electron chi connectivity index (χ0n) is 9.34. The lowest BCUT2D eigenvalue weighted by atomic mass is 10.2. The average molecular weight is 271 g/mol. The molecule has 84 valence electrons. The SMILES string of the molecule is CCCCCCOc1cccc(CBr)c1. The van der Waals surface area contributed by atoms with Crippen LogP contribution in [0.5, 0.6) is 5.75 Å². The van der Waals surface area contributed by atoms with Crippen LogP contribution in [0.15, 0.2) is 24.3 Å². The van der Waals surface area contributed by atoms with E-state index in [1.54, 1.807) is 0 Å². The molecule has 2 heteroatoms. The van der Waals surface area contributed by atoms with Gasteiger partial charge in [-0.25, -0.2) is 0 Å². The number of rotatable bonds is 7. The zero-order chi connectivity index (χ0) is 10.9. The molecule has 0 saturated carbocycles. The van der Waals surface area contributed by atoms with Crippen LogP contribution in [0.2, 0.25) is 0 Å². The Morgan fingerprint density at radius 1 is 1.20 bits per heavy atom. The third-order valence-electron chi connectivity index (χ3n) is 2.32. The maximum Gasteiger partial charge on any atom is 0.119 e. The van der Waals surface area contributed by atoms with E-state index >= 15 is 0 Å². The topological polar surface area (TPSA) is 9.23 Å². The maximum absolute atomic E-state index is 5.67. The summed E-state index contributed by atoms with van der Waals surface area (Å²) in [6, 6.07) is 8.25. The largest absolute Gasteiger partial charge is 0.494 e. The van der Waals surface area contributed by atoms with Crippen molar-refractivity contribution in [2.75, 3.05) is 6.61 Å². The molecule has 1 aromatic carbocycles. The molecule has 0 aliphatic carbocycles. The summed E-state index contributed by atoms with van der Waals surface area (Å²) in [4.78, 5) is 0. The highest BCUT2D eigenvalue weighted by atomic mass is 79.9. The summed E-state index contributed by atoms with van der Waals surface area (Å²) in [5.74, 6) is 0.989. The lowest BCUT2D eigenvalue weighted by molar-refractivity contribution is 0.305. The number of hydrogen-bond donors (Lipinski definition) is 0. The van der Waals surface area contributed by atoms with Gasteiger partial charge in [0.2, 0.25) is 0 Å². The first-order chi connectivity index (χ1) is 7.36. The Hall–Kier alpha value is -0.500. The Bertz CT molecular complexity index is 273. The Morgan fingerprint density at radius 3 is 2.80 bits per heavy atom. The van der Waals surface area contributed by atoms with Gasteiger partial charge in [-0.15, -0.1) is 0 Å². The quantitative estimate of drug-likeness (QED) is 0.522. The Morgan fingerprint density at radius 2 is 2.07 bits per heavy atom. The second-order valence-electron chi connectivity index (χ2n) is 3.69. The van der Waals surface area contributed by atoms with E-state index in [4.69, 9.17) is 4.74 Å². The van der Waals surface area contributed by atoms with E-state index in [9.17, 15) is 0 Å². The molecule has 0 amide bonds. The van der Waals surface area contributed by atoms with Crippen molar-refractivity contribution in [1.29, 1.82) is 0 Å².